The van der Waals surface area contributed by atoms with E-state index in [1.54, 1.807) is 40.1 Å². The minimum Gasteiger partial charge on any atom is -0.420 e. The number of pyridine rings is 1. The number of ketones is 1. The number of carbonyl (C=O) groups excluding carboxylic acids is 2. The molecule has 1 amide bonds. The molecule has 4 aromatic rings. The van der Waals surface area contributed by atoms with E-state index in [1.807, 2.05) is 42.2 Å². The Morgan fingerprint density at radius 3 is 2.30 bits per heavy atom. The number of anilines is 2. The fourth-order valence-electron chi connectivity index (χ4n) is 6.35. The SMILES string of the molecule is C[C@@H]1CN(C(=O)Cc2ccccc2F)CCN1c1ccc(CC(=O)c2oc(N3CCC(c4ccccc4)CC3)nc2C(F)(F)F)cn1. The van der Waals surface area contributed by atoms with E-state index in [0.29, 0.717) is 55.6 Å². The Labute approximate surface area is 270 Å². The van der Waals surface area contributed by atoms with Crippen molar-refractivity contribution < 1.29 is 31.6 Å². The molecule has 0 unspecified atom stereocenters. The first-order valence-electron chi connectivity index (χ1n) is 15.7. The van der Waals surface area contributed by atoms with Gasteiger partial charge >= 0.3 is 6.18 Å². The van der Waals surface area contributed by atoms with Gasteiger partial charge in [-0.3, -0.25) is 9.59 Å². The van der Waals surface area contributed by atoms with Crippen molar-refractivity contribution in [3.63, 3.8) is 0 Å². The van der Waals surface area contributed by atoms with E-state index in [2.05, 4.69) is 9.97 Å². The monoisotopic (exact) mass is 649 g/mol. The van der Waals surface area contributed by atoms with Crippen molar-refractivity contribution in [3.8, 4) is 0 Å². The minimum atomic E-state index is -4.86. The van der Waals surface area contributed by atoms with Crippen molar-refractivity contribution in [2.24, 2.45) is 0 Å². The Kier molecular flexibility index (Phi) is 9.28. The molecule has 8 nitrogen and oxygen atoms in total. The normalized spacial score (nSPS) is 17.6. The zero-order chi connectivity index (χ0) is 33.1. The summed E-state index contributed by atoms with van der Waals surface area (Å²) >= 11 is 0. The van der Waals surface area contributed by atoms with Gasteiger partial charge in [0.1, 0.15) is 11.6 Å². The van der Waals surface area contributed by atoms with Crippen molar-refractivity contribution >= 4 is 23.5 Å². The van der Waals surface area contributed by atoms with E-state index in [1.165, 1.54) is 17.8 Å². The van der Waals surface area contributed by atoms with Crippen LogP contribution in [-0.4, -0.2) is 65.3 Å². The summed E-state index contributed by atoms with van der Waals surface area (Å²) in [6, 6.07) is 19.3. The number of rotatable bonds is 8. The molecule has 2 aromatic heterocycles. The van der Waals surface area contributed by atoms with Gasteiger partial charge in [-0.05, 0) is 54.5 Å². The number of benzene rings is 2. The summed E-state index contributed by atoms with van der Waals surface area (Å²) in [5, 5.41) is 0. The lowest BCUT2D eigenvalue weighted by molar-refractivity contribution is -0.141. The van der Waals surface area contributed by atoms with Gasteiger partial charge in [0.2, 0.25) is 17.5 Å². The van der Waals surface area contributed by atoms with Crippen LogP contribution in [0.2, 0.25) is 0 Å². The molecule has 0 bridgehead atoms. The fourth-order valence-corrected chi connectivity index (χ4v) is 6.35. The number of oxazole rings is 1. The highest BCUT2D eigenvalue weighted by Crippen LogP contribution is 2.37. The Morgan fingerprint density at radius 2 is 1.64 bits per heavy atom. The first kappa shape index (κ1) is 32.2. The molecule has 6 rings (SSSR count). The number of piperazine rings is 1. The lowest BCUT2D eigenvalue weighted by Crippen LogP contribution is -2.54. The summed E-state index contributed by atoms with van der Waals surface area (Å²) < 4.78 is 61.4. The summed E-state index contributed by atoms with van der Waals surface area (Å²) in [5.74, 6) is -1.29. The maximum Gasteiger partial charge on any atom is 0.437 e. The quantitative estimate of drug-likeness (QED) is 0.163. The Bertz CT molecular complexity index is 1700. The lowest BCUT2D eigenvalue weighted by Gasteiger charge is -2.40. The van der Waals surface area contributed by atoms with Gasteiger partial charge in [0.25, 0.3) is 6.01 Å². The molecule has 12 heteroatoms. The standard InChI is InChI=1S/C35H35F4N5O3/c1-23-22-43(31(46)20-27-9-5-6-10-28(27)36)17-18-44(23)30-12-11-24(21-40-30)19-29(45)32-33(35(37,38)39)41-34(47-32)42-15-13-26(14-16-42)25-7-3-2-4-8-25/h2-12,21,23,26H,13-20,22H2,1H3/t23-/m1/s1. The molecule has 0 aliphatic carbocycles. The lowest BCUT2D eigenvalue weighted by atomic mass is 9.90. The van der Waals surface area contributed by atoms with E-state index in [9.17, 15) is 27.2 Å². The van der Waals surface area contributed by atoms with Crippen LogP contribution < -0.4 is 9.80 Å². The van der Waals surface area contributed by atoms with Crippen molar-refractivity contribution in [3.05, 3.63) is 107 Å². The van der Waals surface area contributed by atoms with Crippen LogP contribution in [0.1, 0.15) is 58.6 Å². The summed E-state index contributed by atoms with van der Waals surface area (Å²) in [6.45, 7) is 4.22. The van der Waals surface area contributed by atoms with Crippen LogP contribution in [0.5, 0.6) is 0 Å². The topological polar surface area (TPSA) is 82.8 Å². The molecule has 2 aliphatic rings. The number of hydrogen-bond donors (Lipinski definition) is 0. The molecule has 2 saturated heterocycles. The predicted octanol–water partition coefficient (Wildman–Crippen LogP) is 6.32. The third-order valence-corrected chi connectivity index (χ3v) is 8.92. The first-order chi connectivity index (χ1) is 22.6. The number of alkyl halides is 3. The number of amides is 1. The molecule has 1 atom stereocenters. The highest BCUT2D eigenvalue weighted by atomic mass is 19.4. The molecule has 0 spiro atoms. The maximum absolute atomic E-state index is 14.0. The average Bonchev–Trinajstić information content (AvgIpc) is 3.54. The van der Waals surface area contributed by atoms with E-state index in [-0.39, 0.29) is 30.8 Å². The number of Topliss-reactive ketones (excluding diaryl/α,β-unsaturated/α-hetero) is 1. The maximum atomic E-state index is 14.0. The van der Waals surface area contributed by atoms with E-state index in [0.717, 1.165) is 12.8 Å². The predicted molar refractivity (Wildman–Crippen MR) is 168 cm³/mol. The average molecular weight is 650 g/mol. The van der Waals surface area contributed by atoms with Crippen LogP contribution in [-0.2, 0) is 23.8 Å². The van der Waals surface area contributed by atoms with Crippen LogP contribution in [0.25, 0.3) is 0 Å². The van der Waals surface area contributed by atoms with E-state index in [4.69, 9.17) is 4.42 Å². The number of carbonyl (C=O) groups is 2. The molecule has 2 fully saturated rings. The van der Waals surface area contributed by atoms with Crippen LogP contribution in [0.15, 0.2) is 77.3 Å². The largest absolute Gasteiger partial charge is 0.437 e. The number of hydrogen-bond acceptors (Lipinski definition) is 7. The van der Waals surface area contributed by atoms with E-state index >= 15 is 0 Å². The number of piperidine rings is 1. The zero-order valence-electron chi connectivity index (χ0n) is 25.9. The number of nitrogens with zero attached hydrogens (tertiary/aromatic N) is 5. The smallest absolute Gasteiger partial charge is 0.420 e. The highest BCUT2D eigenvalue weighted by Gasteiger charge is 2.42. The van der Waals surface area contributed by atoms with Crippen LogP contribution in [0.4, 0.5) is 29.4 Å². The van der Waals surface area contributed by atoms with Gasteiger partial charge in [-0.25, -0.2) is 9.37 Å². The third kappa shape index (κ3) is 7.31. The van der Waals surface area contributed by atoms with Crippen molar-refractivity contribution in [1.82, 2.24) is 14.9 Å². The minimum absolute atomic E-state index is 0.0180. The Balaban J connectivity index is 1.08. The van der Waals surface area contributed by atoms with Gasteiger partial charge in [0.15, 0.2) is 5.69 Å². The van der Waals surface area contributed by atoms with Crippen LogP contribution in [0, 0.1) is 5.82 Å². The van der Waals surface area contributed by atoms with Crippen LogP contribution >= 0.6 is 0 Å². The molecule has 2 aromatic carbocycles. The van der Waals surface area contributed by atoms with Gasteiger partial charge in [-0.2, -0.15) is 18.2 Å². The molecule has 47 heavy (non-hydrogen) atoms. The highest BCUT2D eigenvalue weighted by molar-refractivity contribution is 5.96. The second kappa shape index (κ2) is 13.5. The van der Waals surface area contributed by atoms with Crippen molar-refractivity contribution in [1.29, 1.82) is 0 Å². The molecule has 4 heterocycles. The Morgan fingerprint density at radius 1 is 0.915 bits per heavy atom. The van der Waals surface area contributed by atoms with Gasteiger partial charge in [0.05, 0.1) is 6.42 Å². The second-order valence-corrected chi connectivity index (χ2v) is 12.1. The van der Waals surface area contributed by atoms with E-state index < -0.39 is 29.2 Å². The second-order valence-electron chi connectivity index (χ2n) is 12.1. The van der Waals surface area contributed by atoms with Crippen LogP contribution in [0.3, 0.4) is 0 Å². The van der Waals surface area contributed by atoms with Gasteiger partial charge in [0, 0.05) is 51.4 Å². The van der Waals surface area contributed by atoms with Gasteiger partial charge in [-0.15, -0.1) is 0 Å². The number of aromatic nitrogens is 2. The summed E-state index contributed by atoms with van der Waals surface area (Å²) in [5.41, 5.74) is 0.657. The van der Waals surface area contributed by atoms with Gasteiger partial charge < -0.3 is 19.1 Å². The zero-order valence-corrected chi connectivity index (χ0v) is 25.9. The molecule has 0 N–H and O–H groups in total. The third-order valence-electron chi connectivity index (χ3n) is 8.92. The molecule has 0 radical (unpaired) electrons. The molecule has 246 valence electrons. The summed E-state index contributed by atoms with van der Waals surface area (Å²) in [4.78, 5) is 39.6. The number of halogens is 4. The van der Waals surface area contributed by atoms with Gasteiger partial charge in [-0.1, -0.05) is 54.6 Å². The summed E-state index contributed by atoms with van der Waals surface area (Å²) in [7, 11) is 0. The molecule has 2 aliphatic heterocycles. The van der Waals surface area contributed by atoms with Crippen molar-refractivity contribution in [2.75, 3.05) is 42.5 Å². The summed E-state index contributed by atoms with van der Waals surface area (Å²) in [6.07, 6.45) is -2.29. The van der Waals surface area contributed by atoms with Crippen molar-refractivity contribution in [2.45, 2.75) is 50.7 Å². The molecular formula is C35H35F4N5O3. The molecular weight excluding hydrogens is 614 g/mol. The fraction of sp³-hybridized carbons (Fsp3) is 0.371. The first-order valence-corrected chi connectivity index (χ1v) is 15.7. The Hall–Kier alpha value is -4.74. The molecule has 0 saturated carbocycles.